The Morgan fingerprint density at radius 3 is 2.73 bits per heavy atom. The Balaban J connectivity index is 1.57. The van der Waals surface area contributed by atoms with Crippen molar-refractivity contribution in [3.05, 3.63) is 82.4 Å². The third-order valence-electron chi connectivity index (χ3n) is 4.41. The molecule has 130 valence electrons. The summed E-state index contributed by atoms with van der Waals surface area (Å²) in [6.07, 6.45) is 2.42. The van der Waals surface area contributed by atoms with Crippen molar-refractivity contribution in [2.45, 2.75) is 13.0 Å². The third kappa shape index (κ3) is 3.18. The molecule has 0 fully saturated rings. The molecule has 0 bridgehead atoms. The zero-order valence-corrected chi connectivity index (χ0v) is 14.6. The molecule has 0 unspecified atom stereocenters. The van der Waals surface area contributed by atoms with Gasteiger partial charge < -0.3 is 4.90 Å². The normalized spacial score (nSPS) is 13.4. The number of carbonyl (C=O) groups is 1. The van der Waals surface area contributed by atoms with Crippen LogP contribution >= 0.6 is 11.6 Å². The van der Waals surface area contributed by atoms with Crippen molar-refractivity contribution in [1.29, 1.82) is 0 Å². The second kappa shape index (κ2) is 6.84. The summed E-state index contributed by atoms with van der Waals surface area (Å²) in [5.41, 5.74) is 3.14. The number of amides is 1. The minimum Gasteiger partial charge on any atom is -0.334 e. The Kier molecular flexibility index (Phi) is 4.39. The van der Waals surface area contributed by atoms with E-state index in [0.717, 1.165) is 22.9 Å². The number of halogens is 2. The van der Waals surface area contributed by atoms with Gasteiger partial charge in [0, 0.05) is 36.8 Å². The topological polar surface area (TPSA) is 46.1 Å². The molecule has 1 aliphatic rings. The van der Waals surface area contributed by atoms with Gasteiger partial charge in [-0.2, -0.15) is 0 Å². The summed E-state index contributed by atoms with van der Waals surface area (Å²) < 4.78 is 13.2. The molecule has 1 aliphatic heterocycles. The summed E-state index contributed by atoms with van der Waals surface area (Å²) in [7, 11) is 0. The Bertz CT molecular complexity index is 978. The number of carbonyl (C=O) groups excluding carboxylic acids is 1. The van der Waals surface area contributed by atoms with E-state index in [1.807, 2.05) is 30.3 Å². The first-order valence-electron chi connectivity index (χ1n) is 8.26. The van der Waals surface area contributed by atoms with E-state index in [2.05, 4.69) is 9.97 Å². The van der Waals surface area contributed by atoms with Crippen LogP contribution in [0.1, 0.15) is 21.6 Å². The van der Waals surface area contributed by atoms with Crippen molar-refractivity contribution in [2.75, 3.05) is 6.54 Å². The minimum absolute atomic E-state index is 0.122. The van der Waals surface area contributed by atoms with Gasteiger partial charge in [0.15, 0.2) is 5.82 Å². The molecule has 1 aromatic heterocycles. The number of nitrogens with zero attached hydrogens (tertiary/aromatic N) is 3. The molecular formula is C20H15ClFN3O. The quantitative estimate of drug-likeness (QED) is 0.684. The number of fused-ring (bicyclic) bond motifs is 1. The predicted molar refractivity (Wildman–Crippen MR) is 97.3 cm³/mol. The first kappa shape index (κ1) is 16.7. The minimum atomic E-state index is -0.461. The maximum atomic E-state index is 13.2. The highest BCUT2D eigenvalue weighted by Gasteiger charge is 2.25. The van der Waals surface area contributed by atoms with Gasteiger partial charge in [-0.1, -0.05) is 41.9 Å². The number of benzene rings is 2. The van der Waals surface area contributed by atoms with E-state index in [4.69, 9.17) is 11.6 Å². The highest BCUT2D eigenvalue weighted by Crippen LogP contribution is 2.24. The first-order chi connectivity index (χ1) is 12.6. The zero-order chi connectivity index (χ0) is 18.1. The summed E-state index contributed by atoms with van der Waals surface area (Å²) in [5.74, 6) is 0.0101. The second-order valence-corrected chi connectivity index (χ2v) is 6.54. The van der Waals surface area contributed by atoms with Crippen LogP contribution in [0.3, 0.4) is 0 Å². The first-order valence-corrected chi connectivity index (χ1v) is 8.64. The highest BCUT2D eigenvalue weighted by molar-refractivity contribution is 6.33. The Morgan fingerprint density at radius 1 is 1.15 bits per heavy atom. The van der Waals surface area contributed by atoms with Gasteiger partial charge in [0.1, 0.15) is 5.82 Å². The van der Waals surface area contributed by atoms with Gasteiger partial charge in [0.25, 0.3) is 5.91 Å². The monoisotopic (exact) mass is 367 g/mol. The Labute approximate surface area is 155 Å². The van der Waals surface area contributed by atoms with Crippen LogP contribution < -0.4 is 0 Å². The molecular weight excluding hydrogens is 353 g/mol. The van der Waals surface area contributed by atoms with Crippen molar-refractivity contribution in [1.82, 2.24) is 14.9 Å². The van der Waals surface area contributed by atoms with Gasteiger partial charge >= 0.3 is 0 Å². The largest absolute Gasteiger partial charge is 0.334 e. The Morgan fingerprint density at radius 2 is 1.96 bits per heavy atom. The number of hydrogen-bond donors (Lipinski definition) is 0. The number of rotatable bonds is 2. The van der Waals surface area contributed by atoms with E-state index in [0.29, 0.717) is 30.9 Å². The second-order valence-electron chi connectivity index (χ2n) is 6.13. The molecule has 2 aromatic carbocycles. The fraction of sp³-hybridized carbons (Fsp3) is 0.150. The van der Waals surface area contributed by atoms with Gasteiger partial charge in [0.2, 0.25) is 0 Å². The van der Waals surface area contributed by atoms with E-state index in [-0.39, 0.29) is 10.9 Å². The van der Waals surface area contributed by atoms with E-state index in [1.165, 1.54) is 12.1 Å². The van der Waals surface area contributed by atoms with Gasteiger partial charge in [-0.05, 0) is 18.2 Å². The summed E-state index contributed by atoms with van der Waals surface area (Å²) in [6, 6.07) is 13.6. The number of aromatic nitrogens is 2. The molecule has 3 aromatic rings. The standard InChI is InChI=1S/C20H15ClFN3O/c21-17-10-15(22)6-7-16(17)20(26)25-9-8-18-14(12-25)11-23-19(24-18)13-4-2-1-3-5-13/h1-7,10-11H,8-9,12H2. The smallest absolute Gasteiger partial charge is 0.255 e. The molecule has 0 radical (unpaired) electrons. The van der Waals surface area contributed by atoms with Gasteiger partial charge in [-0.3, -0.25) is 4.79 Å². The molecule has 0 N–H and O–H groups in total. The molecule has 26 heavy (non-hydrogen) atoms. The van der Waals surface area contributed by atoms with E-state index >= 15 is 0 Å². The van der Waals surface area contributed by atoms with Crippen LogP contribution in [0.2, 0.25) is 5.02 Å². The summed E-state index contributed by atoms with van der Waals surface area (Å²) in [5, 5.41) is 0.122. The molecule has 0 aliphatic carbocycles. The number of hydrogen-bond acceptors (Lipinski definition) is 3. The molecule has 0 saturated carbocycles. The average Bonchev–Trinajstić information content (AvgIpc) is 2.67. The van der Waals surface area contributed by atoms with Crippen LogP contribution in [0.5, 0.6) is 0 Å². The molecule has 1 amide bonds. The van der Waals surface area contributed by atoms with Crippen LogP contribution in [0.25, 0.3) is 11.4 Å². The Hall–Kier alpha value is -2.79. The molecule has 0 atom stereocenters. The van der Waals surface area contributed by atoms with Crippen molar-refractivity contribution in [2.24, 2.45) is 0 Å². The fourth-order valence-corrected chi connectivity index (χ4v) is 3.30. The zero-order valence-electron chi connectivity index (χ0n) is 13.8. The average molecular weight is 368 g/mol. The van der Waals surface area contributed by atoms with Crippen molar-refractivity contribution >= 4 is 17.5 Å². The van der Waals surface area contributed by atoms with Gasteiger partial charge in [0.05, 0.1) is 16.3 Å². The summed E-state index contributed by atoms with van der Waals surface area (Å²) in [4.78, 5) is 23.5. The lowest BCUT2D eigenvalue weighted by molar-refractivity contribution is 0.0733. The van der Waals surface area contributed by atoms with Crippen LogP contribution in [-0.4, -0.2) is 27.3 Å². The SMILES string of the molecule is O=C(c1ccc(F)cc1Cl)N1CCc2nc(-c3ccccc3)ncc2C1. The lowest BCUT2D eigenvalue weighted by atomic mass is 10.1. The fourth-order valence-electron chi connectivity index (χ4n) is 3.05. The highest BCUT2D eigenvalue weighted by atomic mass is 35.5. The van der Waals surface area contributed by atoms with Crippen LogP contribution in [-0.2, 0) is 13.0 Å². The lowest BCUT2D eigenvalue weighted by Crippen LogP contribution is -2.36. The van der Waals surface area contributed by atoms with Gasteiger partial charge in [-0.15, -0.1) is 0 Å². The maximum absolute atomic E-state index is 13.2. The van der Waals surface area contributed by atoms with Crippen molar-refractivity contribution in [3.8, 4) is 11.4 Å². The summed E-state index contributed by atoms with van der Waals surface area (Å²) in [6.45, 7) is 0.946. The van der Waals surface area contributed by atoms with Gasteiger partial charge in [-0.25, -0.2) is 14.4 Å². The predicted octanol–water partition coefficient (Wildman–Crippen LogP) is 4.13. The molecule has 4 nitrogen and oxygen atoms in total. The summed E-state index contributed by atoms with van der Waals surface area (Å²) >= 11 is 6.02. The van der Waals surface area contributed by atoms with E-state index in [9.17, 15) is 9.18 Å². The molecule has 2 heterocycles. The van der Waals surface area contributed by atoms with E-state index in [1.54, 1.807) is 11.1 Å². The maximum Gasteiger partial charge on any atom is 0.255 e. The van der Waals surface area contributed by atoms with Crippen molar-refractivity contribution in [3.63, 3.8) is 0 Å². The van der Waals surface area contributed by atoms with Crippen LogP contribution in [0, 0.1) is 5.82 Å². The van der Waals surface area contributed by atoms with Crippen LogP contribution in [0.15, 0.2) is 54.7 Å². The van der Waals surface area contributed by atoms with Crippen molar-refractivity contribution < 1.29 is 9.18 Å². The molecule has 0 spiro atoms. The lowest BCUT2D eigenvalue weighted by Gasteiger charge is -2.28. The molecule has 0 saturated heterocycles. The van der Waals surface area contributed by atoms with Crippen LogP contribution in [0.4, 0.5) is 4.39 Å². The third-order valence-corrected chi connectivity index (χ3v) is 4.73. The molecule has 4 rings (SSSR count). The molecule has 6 heteroatoms. The van der Waals surface area contributed by atoms with E-state index < -0.39 is 5.82 Å².